The molecule has 0 radical (unpaired) electrons. The summed E-state index contributed by atoms with van der Waals surface area (Å²) in [6.07, 6.45) is 3.53. The van der Waals surface area contributed by atoms with Crippen molar-refractivity contribution in [2.24, 2.45) is 0 Å². The van der Waals surface area contributed by atoms with Crippen molar-refractivity contribution in [3.63, 3.8) is 0 Å². The molecule has 1 aromatic rings. The predicted molar refractivity (Wildman–Crippen MR) is 56.7 cm³/mol. The van der Waals surface area contributed by atoms with Gasteiger partial charge in [0.2, 0.25) is 0 Å². The number of hydrogen-bond acceptors (Lipinski definition) is 3. The van der Waals surface area contributed by atoms with Crippen LogP contribution < -0.4 is 0 Å². The lowest BCUT2D eigenvalue weighted by Crippen LogP contribution is -2.47. The third kappa shape index (κ3) is 1.16. The van der Waals surface area contributed by atoms with E-state index in [-0.39, 0.29) is 6.04 Å². The van der Waals surface area contributed by atoms with Crippen LogP contribution in [0.2, 0.25) is 0 Å². The van der Waals surface area contributed by atoms with Crippen LogP contribution in [-0.4, -0.2) is 23.3 Å². The quantitative estimate of drug-likeness (QED) is 0.650. The van der Waals surface area contributed by atoms with E-state index in [1.54, 1.807) is 11.3 Å². The Balaban J connectivity index is 2.00. The van der Waals surface area contributed by atoms with E-state index >= 15 is 0 Å². The maximum Gasteiger partial charge on any atom is 0.181 e. The van der Waals surface area contributed by atoms with E-state index in [4.69, 9.17) is 0 Å². The molecule has 0 saturated carbocycles. The molecule has 1 aromatic heterocycles. The van der Waals surface area contributed by atoms with Gasteiger partial charge in [-0.25, -0.2) is 0 Å². The third-order valence-corrected chi connectivity index (χ3v) is 4.18. The number of ketones is 1. The number of rotatable bonds is 0. The number of fused-ring (bicyclic) bond motifs is 2. The number of carbonyl (C=O) groups is 1. The molecule has 0 aromatic carbocycles. The van der Waals surface area contributed by atoms with Crippen LogP contribution in [0.25, 0.3) is 0 Å². The Bertz CT molecular complexity index is 371. The van der Waals surface area contributed by atoms with E-state index in [1.165, 1.54) is 17.7 Å². The Hall–Kier alpha value is -0.670. The highest BCUT2D eigenvalue weighted by atomic mass is 32.1. The largest absolute Gasteiger partial charge is 0.292 e. The van der Waals surface area contributed by atoms with Crippen molar-refractivity contribution in [2.75, 3.05) is 6.54 Å². The average Bonchev–Trinajstić information content (AvgIpc) is 2.66. The first-order valence-corrected chi connectivity index (χ1v) is 6.09. The SMILES string of the molecule is O=C1c2ccsc2CN2CCCC[C@H]12. The molecule has 0 bridgehead atoms. The van der Waals surface area contributed by atoms with Crippen LogP contribution in [0.4, 0.5) is 0 Å². The smallest absolute Gasteiger partial charge is 0.181 e. The summed E-state index contributed by atoms with van der Waals surface area (Å²) in [5.74, 6) is 0.368. The zero-order valence-electron chi connectivity index (χ0n) is 8.03. The molecule has 74 valence electrons. The number of piperidine rings is 1. The van der Waals surface area contributed by atoms with Crippen molar-refractivity contribution in [1.29, 1.82) is 0 Å². The molecule has 2 aliphatic heterocycles. The van der Waals surface area contributed by atoms with E-state index < -0.39 is 0 Å². The Morgan fingerprint density at radius 2 is 2.36 bits per heavy atom. The predicted octanol–water partition coefficient (Wildman–Crippen LogP) is 2.30. The lowest BCUT2D eigenvalue weighted by molar-refractivity contribution is 0.0691. The molecule has 0 unspecified atom stereocenters. The molecule has 14 heavy (non-hydrogen) atoms. The second-order valence-corrected chi connectivity index (χ2v) is 5.10. The Labute approximate surface area is 87.5 Å². The maximum absolute atomic E-state index is 12.1. The maximum atomic E-state index is 12.1. The van der Waals surface area contributed by atoms with Crippen LogP contribution in [0.5, 0.6) is 0 Å². The Kier molecular flexibility index (Phi) is 1.96. The van der Waals surface area contributed by atoms with Crippen LogP contribution in [0, 0.1) is 0 Å². The molecule has 3 rings (SSSR count). The van der Waals surface area contributed by atoms with E-state index in [9.17, 15) is 4.79 Å². The zero-order chi connectivity index (χ0) is 9.54. The highest BCUT2D eigenvalue weighted by molar-refractivity contribution is 7.10. The number of carbonyl (C=O) groups excluding carboxylic acids is 1. The minimum atomic E-state index is 0.200. The normalized spacial score (nSPS) is 27.1. The summed E-state index contributed by atoms with van der Waals surface area (Å²) in [5, 5.41) is 2.04. The summed E-state index contributed by atoms with van der Waals surface area (Å²) in [5.41, 5.74) is 0.998. The van der Waals surface area contributed by atoms with Crippen molar-refractivity contribution < 1.29 is 4.79 Å². The highest BCUT2D eigenvalue weighted by Gasteiger charge is 2.35. The summed E-state index contributed by atoms with van der Waals surface area (Å²) in [6, 6.07) is 2.19. The lowest BCUT2D eigenvalue weighted by Gasteiger charge is -2.37. The van der Waals surface area contributed by atoms with Crippen LogP contribution >= 0.6 is 11.3 Å². The fourth-order valence-electron chi connectivity index (χ4n) is 2.52. The number of nitrogens with zero attached hydrogens (tertiary/aromatic N) is 1. The van der Waals surface area contributed by atoms with Gasteiger partial charge >= 0.3 is 0 Å². The first-order chi connectivity index (χ1) is 6.86. The molecular formula is C11H13NOS. The fraction of sp³-hybridized carbons (Fsp3) is 0.545. The van der Waals surface area contributed by atoms with E-state index in [0.717, 1.165) is 25.1 Å². The topological polar surface area (TPSA) is 20.3 Å². The number of Topliss-reactive ketones (excluding diaryl/α,β-unsaturated/α-hetero) is 1. The van der Waals surface area contributed by atoms with Crippen molar-refractivity contribution in [3.8, 4) is 0 Å². The van der Waals surface area contributed by atoms with Gasteiger partial charge in [-0.05, 0) is 30.8 Å². The molecule has 1 fully saturated rings. The molecule has 3 heteroatoms. The first kappa shape index (κ1) is 8.62. The van der Waals surface area contributed by atoms with Gasteiger partial charge in [-0.1, -0.05) is 6.42 Å². The zero-order valence-corrected chi connectivity index (χ0v) is 8.85. The monoisotopic (exact) mass is 207 g/mol. The van der Waals surface area contributed by atoms with E-state index in [1.807, 2.05) is 11.4 Å². The second-order valence-electron chi connectivity index (χ2n) is 4.10. The molecule has 0 spiro atoms. The minimum Gasteiger partial charge on any atom is -0.292 e. The van der Waals surface area contributed by atoms with Crippen LogP contribution in [-0.2, 0) is 6.54 Å². The molecule has 1 atom stereocenters. The van der Waals surface area contributed by atoms with Gasteiger partial charge in [-0.3, -0.25) is 9.69 Å². The molecule has 3 heterocycles. The standard InChI is InChI=1S/C11H13NOS/c13-11-8-4-6-14-10(8)7-12-5-2-1-3-9(11)12/h4,6,9H,1-3,5,7H2/t9-/m1/s1. The van der Waals surface area contributed by atoms with Crippen molar-refractivity contribution >= 4 is 17.1 Å². The summed E-state index contributed by atoms with van der Waals surface area (Å²) in [6.45, 7) is 2.11. The van der Waals surface area contributed by atoms with Gasteiger partial charge in [0, 0.05) is 17.0 Å². The van der Waals surface area contributed by atoms with Crippen LogP contribution in [0.15, 0.2) is 11.4 Å². The third-order valence-electron chi connectivity index (χ3n) is 3.27. The Morgan fingerprint density at radius 1 is 1.43 bits per heavy atom. The summed E-state index contributed by atoms with van der Waals surface area (Å²) in [4.78, 5) is 15.7. The first-order valence-electron chi connectivity index (χ1n) is 5.21. The molecule has 0 N–H and O–H groups in total. The number of hydrogen-bond donors (Lipinski definition) is 0. The Morgan fingerprint density at radius 3 is 3.29 bits per heavy atom. The second kappa shape index (κ2) is 3.17. The van der Waals surface area contributed by atoms with E-state index in [0.29, 0.717) is 5.78 Å². The van der Waals surface area contributed by atoms with Crippen molar-refractivity contribution in [3.05, 3.63) is 21.9 Å². The van der Waals surface area contributed by atoms with E-state index in [2.05, 4.69) is 4.90 Å². The summed E-state index contributed by atoms with van der Waals surface area (Å²) >= 11 is 1.72. The van der Waals surface area contributed by atoms with Gasteiger partial charge in [0.05, 0.1) is 6.04 Å². The van der Waals surface area contributed by atoms with Crippen molar-refractivity contribution in [2.45, 2.75) is 31.8 Å². The van der Waals surface area contributed by atoms with Gasteiger partial charge in [0.15, 0.2) is 5.78 Å². The molecular weight excluding hydrogens is 194 g/mol. The van der Waals surface area contributed by atoms with Gasteiger partial charge in [0.1, 0.15) is 0 Å². The van der Waals surface area contributed by atoms with Crippen LogP contribution in [0.1, 0.15) is 34.5 Å². The highest BCUT2D eigenvalue weighted by Crippen LogP contribution is 2.31. The molecule has 2 aliphatic rings. The molecule has 0 amide bonds. The average molecular weight is 207 g/mol. The number of thiophene rings is 1. The lowest BCUT2D eigenvalue weighted by atomic mass is 9.91. The summed E-state index contributed by atoms with van der Waals surface area (Å²) < 4.78 is 0. The van der Waals surface area contributed by atoms with Gasteiger partial charge in [-0.15, -0.1) is 11.3 Å². The molecule has 0 aliphatic carbocycles. The molecule has 1 saturated heterocycles. The van der Waals surface area contributed by atoms with Crippen molar-refractivity contribution in [1.82, 2.24) is 4.90 Å². The fourth-order valence-corrected chi connectivity index (χ4v) is 3.43. The van der Waals surface area contributed by atoms with Gasteiger partial charge in [0.25, 0.3) is 0 Å². The summed E-state index contributed by atoms with van der Waals surface area (Å²) in [7, 11) is 0. The molecule has 2 nitrogen and oxygen atoms in total. The van der Waals surface area contributed by atoms with Gasteiger partial charge in [-0.2, -0.15) is 0 Å². The van der Waals surface area contributed by atoms with Gasteiger partial charge < -0.3 is 0 Å². The van der Waals surface area contributed by atoms with Crippen LogP contribution in [0.3, 0.4) is 0 Å². The minimum absolute atomic E-state index is 0.200.